The summed E-state index contributed by atoms with van der Waals surface area (Å²) < 4.78 is 7.30. The second-order valence-corrected chi connectivity index (χ2v) is 9.42. The van der Waals surface area contributed by atoms with Gasteiger partial charge in [-0.25, -0.2) is 4.68 Å². The van der Waals surface area contributed by atoms with E-state index in [2.05, 4.69) is 5.10 Å². The van der Waals surface area contributed by atoms with Crippen LogP contribution in [0.25, 0.3) is 5.69 Å². The van der Waals surface area contributed by atoms with Crippen LogP contribution < -0.4 is 14.5 Å². The lowest BCUT2D eigenvalue weighted by Gasteiger charge is -2.30. The molecule has 0 saturated carbocycles. The van der Waals surface area contributed by atoms with Gasteiger partial charge in [-0.1, -0.05) is 27.7 Å². The van der Waals surface area contributed by atoms with Gasteiger partial charge in [0.05, 0.1) is 24.1 Å². The highest BCUT2D eigenvalue weighted by atomic mass is 16.5. The zero-order valence-electron chi connectivity index (χ0n) is 23.7. The number of piperidine rings is 1. The van der Waals surface area contributed by atoms with E-state index in [0.717, 1.165) is 59.7 Å². The number of hydrogen-bond acceptors (Lipinski definition) is 5. The molecule has 8 nitrogen and oxygen atoms in total. The Morgan fingerprint density at radius 1 is 0.846 bits per heavy atom. The molecule has 39 heavy (non-hydrogen) atoms. The molecule has 208 valence electrons. The van der Waals surface area contributed by atoms with Crippen molar-refractivity contribution in [3.8, 4) is 11.4 Å². The quantitative estimate of drug-likeness (QED) is 0.470. The number of carbonyl (C=O) groups excluding carboxylic acids is 2. The molecule has 4 heterocycles. The number of carbonyl (C=O) groups is 2. The van der Waals surface area contributed by atoms with Crippen molar-refractivity contribution in [1.29, 1.82) is 0 Å². The van der Waals surface area contributed by atoms with Crippen molar-refractivity contribution in [1.82, 2.24) is 9.78 Å². The Balaban J connectivity index is 0.000000845. The van der Waals surface area contributed by atoms with Gasteiger partial charge in [-0.05, 0) is 74.2 Å². The maximum atomic E-state index is 13.8. The summed E-state index contributed by atoms with van der Waals surface area (Å²) in [6, 6.07) is 13.5. The fourth-order valence-corrected chi connectivity index (χ4v) is 5.35. The number of aliphatic hydroxyl groups excluding tert-OH is 1. The first-order valence-electron chi connectivity index (χ1n) is 14.3. The van der Waals surface area contributed by atoms with E-state index in [0.29, 0.717) is 37.4 Å². The van der Waals surface area contributed by atoms with E-state index in [9.17, 15) is 14.7 Å². The zero-order chi connectivity index (χ0) is 28.1. The number of benzene rings is 2. The predicted molar refractivity (Wildman–Crippen MR) is 154 cm³/mol. The average molecular weight is 533 g/mol. The monoisotopic (exact) mass is 532 g/mol. The van der Waals surface area contributed by atoms with E-state index < -0.39 is 6.10 Å². The SMILES string of the molecule is CC.CC.CC(O)c1nn(-c2ccc3c(c2)CCO3)c2c1CCN(c1ccc(N3CCCCC3=O)cc1)C2=O. The van der Waals surface area contributed by atoms with Crippen molar-refractivity contribution >= 4 is 23.2 Å². The molecule has 1 aromatic heterocycles. The number of aliphatic hydroxyl groups is 1. The number of amides is 2. The lowest BCUT2D eigenvalue weighted by Crippen LogP contribution is -2.39. The topological polar surface area (TPSA) is 87.9 Å². The Kier molecular flexibility index (Phi) is 9.07. The summed E-state index contributed by atoms with van der Waals surface area (Å²) >= 11 is 0. The van der Waals surface area contributed by atoms with E-state index in [4.69, 9.17) is 4.74 Å². The molecular weight excluding hydrogens is 492 g/mol. The second-order valence-electron chi connectivity index (χ2n) is 9.42. The highest BCUT2D eigenvalue weighted by Gasteiger charge is 2.34. The summed E-state index contributed by atoms with van der Waals surface area (Å²) in [6.45, 7) is 11.6. The second kappa shape index (κ2) is 12.5. The van der Waals surface area contributed by atoms with Gasteiger partial charge in [-0.2, -0.15) is 5.10 Å². The molecule has 3 aromatic rings. The van der Waals surface area contributed by atoms with Gasteiger partial charge in [-0.3, -0.25) is 9.59 Å². The maximum Gasteiger partial charge on any atom is 0.277 e. The van der Waals surface area contributed by atoms with Gasteiger partial charge >= 0.3 is 0 Å². The van der Waals surface area contributed by atoms with Crippen LogP contribution in [0.4, 0.5) is 11.4 Å². The van der Waals surface area contributed by atoms with Crippen LogP contribution in [0.1, 0.15) is 87.3 Å². The van der Waals surface area contributed by atoms with Crippen LogP contribution in [-0.2, 0) is 17.6 Å². The zero-order valence-corrected chi connectivity index (χ0v) is 23.7. The Morgan fingerprint density at radius 2 is 1.51 bits per heavy atom. The molecule has 0 radical (unpaired) electrons. The summed E-state index contributed by atoms with van der Waals surface area (Å²) in [6.07, 6.45) is 3.18. The number of anilines is 2. The molecule has 0 aliphatic carbocycles. The van der Waals surface area contributed by atoms with E-state index >= 15 is 0 Å². The summed E-state index contributed by atoms with van der Waals surface area (Å²) in [7, 11) is 0. The van der Waals surface area contributed by atoms with Crippen LogP contribution in [0.15, 0.2) is 42.5 Å². The Morgan fingerprint density at radius 3 is 2.18 bits per heavy atom. The molecular formula is C31H40N4O4. The minimum atomic E-state index is -0.775. The van der Waals surface area contributed by atoms with Crippen molar-refractivity contribution < 1.29 is 19.4 Å². The maximum absolute atomic E-state index is 13.8. The first-order chi connectivity index (χ1) is 19.0. The van der Waals surface area contributed by atoms with E-state index in [-0.39, 0.29) is 11.8 Å². The van der Waals surface area contributed by atoms with Gasteiger partial charge in [-0.15, -0.1) is 0 Å². The predicted octanol–water partition coefficient (Wildman–Crippen LogP) is 5.63. The van der Waals surface area contributed by atoms with Crippen LogP contribution in [0, 0.1) is 0 Å². The summed E-state index contributed by atoms with van der Waals surface area (Å²) in [5.74, 6) is 0.868. The third-order valence-corrected chi connectivity index (χ3v) is 7.16. The summed E-state index contributed by atoms with van der Waals surface area (Å²) in [5, 5.41) is 15.1. The number of ether oxygens (including phenoxy) is 1. The Bertz CT molecular complexity index is 1310. The minimum absolute atomic E-state index is 0.149. The van der Waals surface area contributed by atoms with Gasteiger partial charge in [0.1, 0.15) is 11.4 Å². The van der Waals surface area contributed by atoms with E-state index in [1.165, 1.54) is 0 Å². The normalized spacial score (nSPS) is 16.8. The fraction of sp³-hybridized carbons (Fsp3) is 0.452. The van der Waals surface area contributed by atoms with Crippen LogP contribution in [0.2, 0.25) is 0 Å². The molecule has 1 saturated heterocycles. The first kappa shape index (κ1) is 28.4. The van der Waals surface area contributed by atoms with Crippen molar-refractivity contribution in [3.63, 3.8) is 0 Å². The molecule has 8 heteroatoms. The molecule has 0 bridgehead atoms. The largest absolute Gasteiger partial charge is 0.493 e. The third-order valence-electron chi connectivity index (χ3n) is 7.16. The van der Waals surface area contributed by atoms with E-state index in [1.807, 2.05) is 75.1 Å². The van der Waals surface area contributed by atoms with Gasteiger partial charge in [0.15, 0.2) is 0 Å². The molecule has 1 N–H and O–H groups in total. The molecule has 1 unspecified atom stereocenters. The van der Waals surface area contributed by atoms with Gasteiger partial charge in [0.2, 0.25) is 5.91 Å². The number of rotatable bonds is 4. The Labute approximate surface area is 231 Å². The standard InChI is InChI=1S/C27H28N4O4.2C2H6/c1-17(32)25-22-11-14-30(20-7-5-19(6-8-20)29-13-3-2-4-24(29)33)27(34)26(22)31(28-25)21-9-10-23-18(16-21)12-15-35-23;2*1-2/h5-10,16-17,32H,2-4,11-15H2,1H3;2*1-2H3. The minimum Gasteiger partial charge on any atom is -0.493 e. The molecule has 6 rings (SSSR count). The lowest BCUT2D eigenvalue weighted by atomic mass is 10.0. The van der Waals surface area contributed by atoms with E-state index in [1.54, 1.807) is 16.5 Å². The first-order valence-corrected chi connectivity index (χ1v) is 14.3. The van der Waals surface area contributed by atoms with Crippen molar-refractivity contribution in [2.24, 2.45) is 0 Å². The van der Waals surface area contributed by atoms with Crippen LogP contribution >= 0.6 is 0 Å². The fourth-order valence-electron chi connectivity index (χ4n) is 5.35. The van der Waals surface area contributed by atoms with Crippen LogP contribution in [0.5, 0.6) is 5.75 Å². The summed E-state index contributed by atoms with van der Waals surface area (Å²) in [5.41, 5.74) is 5.35. The molecule has 3 aliphatic rings. The number of hydrogen-bond donors (Lipinski definition) is 1. The average Bonchev–Trinajstić information content (AvgIpc) is 3.61. The lowest BCUT2D eigenvalue weighted by molar-refractivity contribution is -0.119. The third kappa shape index (κ3) is 5.43. The molecule has 2 amide bonds. The molecule has 0 spiro atoms. The van der Waals surface area contributed by atoms with Gasteiger partial charge in [0.25, 0.3) is 5.91 Å². The van der Waals surface area contributed by atoms with Crippen LogP contribution in [0.3, 0.4) is 0 Å². The van der Waals surface area contributed by atoms with Gasteiger partial charge < -0.3 is 19.6 Å². The number of nitrogens with zero attached hydrogens (tertiary/aromatic N) is 4. The summed E-state index contributed by atoms with van der Waals surface area (Å²) in [4.78, 5) is 29.7. The molecule has 3 aliphatic heterocycles. The molecule has 2 aromatic carbocycles. The van der Waals surface area contributed by atoms with Gasteiger partial charge in [0, 0.05) is 42.9 Å². The smallest absolute Gasteiger partial charge is 0.277 e. The molecule has 1 fully saturated rings. The van der Waals surface area contributed by atoms with Crippen molar-refractivity contribution in [3.05, 3.63) is 65.0 Å². The Hall–Kier alpha value is -3.65. The van der Waals surface area contributed by atoms with Crippen molar-refractivity contribution in [2.75, 3.05) is 29.5 Å². The van der Waals surface area contributed by atoms with Crippen molar-refractivity contribution in [2.45, 2.75) is 72.8 Å². The highest BCUT2D eigenvalue weighted by Crippen LogP contribution is 2.34. The number of aromatic nitrogens is 2. The van der Waals surface area contributed by atoms with Crippen LogP contribution in [-0.4, -0.2) is 46.4 Å². The highest BCUT2D eigenvalue weighted by molar-refractivity contribution is 6.08. The molecule has 1 atom stereocenters. The number of fused-ring (bicyclic) bond motifs is 2.